The molecule has 2 aliphatic heterocycles. The van der Waals surface area contributed by atoms with Gasteiger partial charge in [-0.05, 0) is 171 Å². The van der Waals surface area contributed by atoms with Crippen LogP contribution in [0.5, 0.6) is 23.0 Å². The van der Waals surface area contributed by atoms with Crippen LogP contribution in [0.25, 0.3) is 22.3 Å². The first kappa shape index (κ1) is 34.8. The summed E-state index contributed by atoms with van der Waals surface area (Å²) in [6.07, 6.45) is 0.481. The van der Waals surface area contributed by atoms with Crippen LogP contribution in [0.2, 0.25) is 0 Å². The largest absolute Gasteiger partial charge is 0.492 e. The van der Waals surface area contributed by atoms with Crippen molar-refractivity contribution >= 4 is 0 Å². The van der Waals surface area contributed by atoms with Crippen molar-refractivity contribution in [2.24, 2.45) is 5.41 Å². The van der Waals surface area contributed by atoms with Gasteiger partial charge in [-0.15, -0.1) is 0 Å². The van der Waals surface area contributed by atoms with Crippen LogP contribution >= 0.6 is 0 Å². The molecule has 0 N–H and O–H groups in total. The van der Waals surface area contributed by atoms with Gasteiger partial charge in [0.05, 0.1) is 26.4 Å². The average molecular weight is 665 g/mol. The van der Waals surface area contributed by atoms with Crippen LogP contribution in [0.4, 0.5) is 0 Å². The van der Waals surface area contributed by atoms with Gasteiger partial charge in [0.2, 0.25) is 0 Å². The van der Waals surface area contributed by atoms with Crippen LogP contribution in [0.1, 0.15) is 58.4 Å². The van der Waals surface area contributed by atoms with E-state index in [4.69, 9.17) is 28.4 Å². The molecule has 0 bridgehead atoms. The van der Waals surface area contributed by atoms with Gasteiger partial charge < -0.3 is 28.4 Å². The van der Waals surface area contributed by atoms with Crippen LogP contribution in [-0.4, -0.2) is 51.8 Å². The summed E-state index contributed by atoms with van der Waals surface area (Å²) in [7, 11) is 0. The second kappa shape index (κ2) is 14.1. The van der Waals surface area contributed by atoms with E-state index < -0.39 is 0 Å². The molecule has 6 heteroatoms. The lowest BCUT2D eigenvalue weighted by molar-refractivity contribution is 0.109. The van der Waals surface area contributed by atoms with Gasteiger partial charge in [0.1, 0.15) is 48.4 Å². The number of hydrogen-bond acceptors (Lipinski definition) is 6. The highest BCUT2D eigenvalue weighted by Crippen LogP contribution is 2.37. The number of epoxide rings is 2. The second-order valence-electron chi connectivity index (χ2n) is 15.0. The van der Waals surface area contributed by atoms with Gasteiger partial charge in [-0.2, -0.15) is 0 Å². The minimum atomic E-state index is -0.208. The molecule has 0 spiro atoms. The van der Waals surface area contributed by atoms with Crippen LogP contribution in [0.15, 0.2) is 48.5 Å². The standard InChI is InChI=1S/C43H52O6/c1-25-11-33(12-26(2)39(25)46-21-37-19-44-37)35-15-29(5)41(30(6)16-35)48-23-43(9,10)24-49-42-31(7)17-36(18-32(42)8)34-13-27(3)40(28(4)14-34)47-22-38-20-45-38/h11-18,37-38H,19-24H2,1-10H3. The third-order valence-electron chi connectivity index (χ3n) is 9.35. The zero-order valence-electron chi connectivity index (χ0n) is 31.0. The lowest BCUT2D eigenvalue weighted by atomic mass is 9.94. The molecule has 0 aliphatic carbocycles. The van der Waals surface area contributed by atoms with Crippen molar-refractivity contribution in [2.75, 3.05) is 39.6 Å². The summed E-state index contributed by atoms with van der Waals surface area (Å²) < 4.78 is 35.8. The van der Waals surface area contributed by atoms with Crippen LogP contribution in [0.3, 0.4) is 0 Å². The lowest BCUT2D eigenvalue weighted by Crippen LogP contribution is -2.29. The van der Waals surface area contributed by atoms with E-state index in [1.807, 2.05) is 0 Å². The first-order chi connectivity index (χ1) is 23.3. The number of rotatable bonds is 14. The van der Waals surface area contributed by atoms with E-state index >= 15 is 0 Å². The Morgan fingerprint density at radius 3 is 0.898 bits per heavy atom. The van der Waals surface area contributed by atoms with Crippen LogP contribution < -0.4 is 18.9 Å². The molecule has 2 heterocycles. The average Bonchev–Trinajstić information content (AvgIpc) is 3.95. The summed E-state index contributed by atoms with van der Waals surface area (Å²) in [5.41, 5.74) is 13.6. The number of benzene rings is 4. The molecule has 0 amide bonds. The smallest absolute Gasteiger partial charge is 0.125 e. The summed E-state index contributed by atoms with van der Waals surface area (Å²) in [5.74, 6) is 3.79. The fourth-order valence-corrected chi connectivity index (χ4v) is 6.64. The van der Waals surface area contributed by atoms with Gasteiger partial charge in [0, 0.05) is 5.41 Å². The minimum Gasteiger partial charge on any atom is -0.492 e. The van der Waals surface area contributed by atoms with Crippen molar-refractivity contribution in [3.05, 3.63) is 93.0 Å². The Morgan fingerprint density at radius 1 is 0.449 bits per heavy atom. The fourth-order valence-electron chi connectivity index (χ4n) is 6.64. The van der Waals surface area contributed by atoms with Crippen molar-refractivity contribution in [3.8, 4) is 45.3 Å². The molecular formula is C43H52O6. The molecule has 4 aromatic carbocycles. The molecule has 4 aromatic rings. The van der Waals surface area contributed by atoms with E-state index in [-0.39, 0.29) is 17.6 Å². The Kier molecular flexibility index (Phi) is 10.0. The molecule has 0 aromatic heterocycles. The fraction of sp³-hybridized carbons (Fsp3) is 0.442. The molecular weight excluding hydrogens is 612 g/mol. The van der Waals surface area contributed by atoms with E-state index in [2.05, 4.69) is 118 Å². The van der Waals surface area contributed by atoms with Crippen molar-refractivity contribution in [1.82, 2.24) is 0 Å². The van der Waals surface area contributed by atoms with Gasteiger partial charge in [0.25, 0.3) is 0 Å². The molecule has 2 fully saturated rings. The lowest BCUT2D eigenvalue weighted by Gasteiger charge is -2.27. The van der Waals surface area contributed by atoms with Gasteiger partial charge in [0.15, 0.2) is 0 Å². The van der Waals surface area contributed by atoms with E-state index in [1.165, 1.54) is 22.3 Å². The van der Waals surface area contributed by atoms with Crippen molar-refractivity contribution in [3.63, 3.8) is 0 Å². The van der Waals surface area contributed by atoms with Crippen LogP contribution in [0, 0.1) is 60.8 Å². The molecule has 260 valence electrons. The Hall–Kier alpha value is -4.00. The Morgan fingerprint density at radius 2 is 0.673 bits per heavy atom. The SMILES string of the molecule is Cc1cc(-c2cc(C)c(OCC(C)(C)COc3c(C)cc(-c4cc(C)c(OCC5CO5)c(C)c4)cc3C)c(C)c2)cc(C)c1OCC1CO1. The maximum absolute atomic E-state index is 6.51. The summed E-state index contributed by atoms with van der Waals surface area (Å²) in [6, 6.07) is 17.7. The quantitative estimate of drug-likeness (QED) is 0.125. The van der Waals surface area contributed by atoms with Gasteiger partial charge >= 0.3 is 0 Å². The van der Waals surface area contributed by atoms with Gasteiger partial charge in [-0.3, -0.25) is 0 Å². The maximum atomic E-state index is 6.51. The molecule has 2 aliphatic rings. The predicted octanol–water partition coefficient (Wildman–Crippen LogP) is 9.53. The zero-order valence-corrected chi connectivity index (χ0v) is 31.0. The summed E-state index contributed by atoms with van der Waals surface area (Å²) in [5, 5.41) is 0. The number of ether oxygens (including phenoxy) is 6. The molecule has 2 atom stereocenters. The predicted molar refractivity (Wildman–Crippen MR) is 197 cm³/mol. The normalized spacial score (nSPS) is 16.8. The van der Waals surface area contributed by atoms with E-state index in [9.17, 15) is 0 Å². The van der Waals surface area contributed by atoms with Crippen molar-refractivity contribution in [2.45, 2.75) is 81.4 Å². The number of hydrogen-bond donors (Lipinski definition) is 0. The molecule has 2 unspecified atom stereocenters. The molecule has 0 radical (unpaired) electrons. The highest BCUT2D eigenvalue weighted by Gasteiger charge is 2.26. The molecule has 0 saturated carbocycles. The highest BCUT2D eigenvalue weighted by atomic mass is 16.6. The van der Waals surface area contributed by atoms with Gasteiger partial charge in [-0.1, -0.05) is 13.8 Å². The Labute approximate surface area is 292 Å². The summed E-state index contributed by atoms with van der Waals surface area (Å²) in [4.78, 5) is 0. The summed E-state index contributed by atoms with van der Waals surface area (Å²) >= 11 is 0. The second-order valence-corrected chi connectivity index (χ2v) is 15.0. The topological polar surface area (TPSA) is 62.0 Å². The third kappa shape index (κ3) is 8.42. The summed E-state index contributed by atoms with van der Waals surface area (Å²) in [6.45, 7) is 25.2. The van der Waals surface area contributed by atoms with Crippen molar-refractivity contribution in [1.29, 1.82) is 0 Å². The van der Waals surface area contributed by atoms with Crippen molar-refractivity contribution < 1.29 is 28.4 Å². The first-order valence-electron chi connectivity index (χ1n) is 17.5. The molecule has 2 saturated heterocycles. The zero-order chi connectivity index (χ0) is 35.0. The first-order valence-corrected chi connectivity index (χ1v) is 17.5. The number of aryl methyl sites for hydroxylation is 8. The van der Waals surface area contributed by atoms with E-state index in [1.54, 1.807) is 0 Å². The Balaban J connectivity index is 1.09. The molecule has 49 heavy (non-hydrogen) atoms. The van der Waals surface area contributed by atoms with E-state index in [0.717, 1.165) is 80.7 Å². The van der Waals surface area contributed by atoms with E-state index in [0.29, 0.717) is 26.4 Å². The van der Waals surface area contributed by atoms with Crippen LogP contribution in [-0.2, 0) is 9.47 Å². The monoisotopic (exact) mass is 664 g/mol. The maximum Gasteiger partial charge on any atom is 0.125 e. The third-order valence-corrected chi connectivity index (χ3v) is 9.35. The Bertz CT molecular complexity index is 1620. The van der Waals surface area contributed by atoms with Gasteiger partial charge in [-0.25, -0.2) is 0 Å². The minimum absolute atomic E-state index is 0.208. The molecule has 6 rings (SSSR count). The highest BCUT2D eigenvalue weighted by molar-refractivity contribution is 5.71. The molecule has 6 nitrogen and oxygen atoms in total.